The van der Waals surface area contributed by atoms with Crippen molar-refractivity contribution in [3.8, 4) is 0 Å². The van der Waals surface area contributed by atoms with Gasteiger partial charge in [0.25, 0.3) is 5.69 Å². The molecule has 0 saturated carbocycles. The molecule has 0 atom stereocenters. The molecule has 10 heteroatoms. The third-order valence-electron chi connectivity index (χ3n) is 2.27. The summed E-state index contributed by atoms with van der Waals surface area (Å²) in [6.45, 7) is 1.82. The van der Waals surface area contributed by atoms with Crippen molar-refractivity contribution in [1.29, 1.82) is 0 Å². The average Bonchev–Trinajstić information content (AvgIpc) is 2.84. The number of thioether (sulfide) groups is 1. The molecule has 1 aromatic carbocycles. The van der Waals surface area contributed by atoms with Gasteiger partial charge in [-0.25, -0.2) is 0 Å². The molecule has 2 rings (SSSR count). The van der Waals surface area contributed by atoms with Crippen LogP contribution in [0.5, 0.6) is 0 Å². The van der Waals surface area contributed by atoms with E-state index < -0.39 is 4.92 Å². The lowest BCUT2D eigenvalue weighted by Crippen LogP contribution is -2.14. The zero-order valence-electron chi connectivity index (χ0n) is 10.7. The van der Waals surface area contributed by atoms with E-state index in [9.17, 15) is 14.9 Å². The van der Waals surface area contributed by atoms with E-state index in [1.54, 1.807) is 0 Å². The Hall–Kier alpha value is -1.71. The number of aromatic nitrogens is 2. The summed E-state index contributed by atoms with van der Waals surface area (Å²) in [5.74, 6) is -0.205. The largest absolute Gasteiger partial charge is 0.324 e. The van der Waals surface area contributed by atoms with Gasteiger partial charge in [0.2, 0.25) is 5.91 Å². The van der Waals surface area contributed by atoms with Crippen LogP contribution < -0.4 is 5.32 Å². The zero-order valence-corrected chi connectivity index (χ0v) is 13.1. The zero-order chi connectivity index (χ0) is 15.4. The molecule has 0 fully saturated rings. The van der Waals surface area contributed by atoms with Crippen LogP contribution in [0, 0.1) is 17.0 Å². The molecule has 0 spiro atoms. The number of carbonyl (C=O) groups excluding carboxylic acids is 1. The third kappa shape index (κ3) is 4.38. The van der Waals surface area contributed by atoms with Crippen LogP contribution in [0.15, 0.2) is 22.5 Å². The number of benzene rings is 1. The molecule has 0 bridgehead atoms. The summed E-state index contributed by atoms with van der Waals surface area (Å²) in [7, 11) is 0. The molecule has 1 amide bonds. The first kappa shape index (κ1) is 15.7. The van der Waals surface area contributed by atoms with Gasteiger partial charge in [-0.2, -0.15) is 0 Å². The molecule has 2 aromatic rings. The van der Waals surface area contributed by atoms with Crippen molar-refractivity contribution in [3.63, 3.8) is 0 Å². The van der Waals surface area contributed by atoms with Crippen LogP contribution in [-0.2, 0) is 4.79 Å². The van der Waals surface area contributed by atoms with Gasteiger partial charge in [-0.3, -0.25) is 14.9 Å². The van der Waals surface area contributed by atoms with Crippen molar-refractivity contribution in [2.45, 2.75) is 11.3 Å². The summed E-state index contributed by atoms with van der Waals surface area (Å²) in [5, 5.41) is 22.0. The number of nitrogens with one attached hydrogen (secondary N) is 1. The number of amides is 1. The lowest BCUT2D eigenvalue weighted by molar-refractivity contribution is -0.384. The molecule has 0 aliphatic carbocycles. The minimum atomic E-state index is -0.551. The van der Waals surface area contributed by atoms with Gasteiger partial charge in [0.05, 0.1) is 21.4 Å². The Labute approximate surface area is 132 Å². The Morgan fingerprint density at radius 3 is 2.90 bits per heavy atom. The Morgan fingerprint density at radius 1 is 1.52 bits per heavy atom. The molecule has 21 heavy (non-hydrogen) atoms. The van der Waals surface area contributed by atoms with E-state index >= 15 is 0 Å². The van der Waals surface area contributed by atoms with E-state index in [1.165, 1.54) is 41.3 Å². The lowest BCUT2D eigenvalue weighted by Gasteiger charge is -2.06. The third-order valence-corrected chi connectivity index (χ3v) is 4.57. The molecular weight excluding hydrogens is 336 g/mol. The summed E-state index contributed by atoms with van der Waals surface area (Å²) >= 11 is 8.53. The molecule has 0 aliphatic heterocycles. The Morgan fingerprint density at radius 2 is 2.29 bits per heavy atom. The first-order valence-electron chi connectivity index (χ1n) is 5.62. The van der Waals surface area contributed by atoms with Crippen molar-refractivity contribution >= 4 is 52.0 Å². The summed E-state index contributed by atoms with van der Waals surface area (Å²) < 4.78 is 0.688. The normalized spacial score (nSPS) is 10.4. The Balaban J connectivity index is 1.99. The first-order valence-corrected chi connectivity index (χ1v) is 7.80. The number of aryl methyl sites for hydroxylation is 1. The number of nitrogens with zero attached hydrogens (tertiary/aromatic N) is 3. The SMILES string of the molecule is Cc1nnc(SCC(=O)Nc2cc([N+](=O)[O-])ccc2Cl)s1. The minimum absolute atomic E-state index is 0.119. The van der Waals surface area contributed by atoms with Gasteiger partial charge in [0, 0.05) is 12.1 Å². The van der Waals surface area contributed by atoms with Crippen molar-refractivity contribution in [1.82, 2.24) is 10.2 Å². The first-order chi connectivity index (χ1) is 9.95. The summed E-state index contributed by atoms with van der Waals surface area (Å²) in [5.41, 5.74) is 0.0759. The number of nitro benzene ring substituents is 1. The molecule has 0 unspecified atom stereocenters. The second-order valence-electron chi connectivity index (χ2n) is 3.85. The lowest BCUT2D eigenvalue weighted by atomic mass is 10.3. The van der Waals surface area contributed by atoms with Crippen LogP contribution in [0.3, 0.4) is 0 Å². The van der Waals surface area contributed by atoms with E-state index in [0.717, 1.165) is 5.01 Å². The monoisotopic (exact) mass is 344 g/mol. The van der Waals surface area contributed by atoms with Gasteiger partial charge in [-0.05, 0) is 13.0 Å². The predicted molar refractivity (Wildman–Crippen MR) is 82.1 cm³/mol. The fraction of sp³-hybridized carbons (Fsp3) is 0.182. The number of anilines is 1. The molecular formula is C11H9ClN4O3S2. The number of carbonyl (C=O) groups is 1. The van der Waals surface area contributed by atoms with E-state index in [4.69, 9.17) is 11.6 Å². The quantitative estimate of drug-likeness (QED) is 0.508. The summed E-state index contributed by atoms with van der Waals surface area (Å²) in [6.07, 6.45) is 0. The Kier molecular flexibility index (Phi) is 5.10. The maximum absolute atomic E-state index is 11.8. The van der Waals surface area contributed by atoms with Gasteiger partial charge in [-0.1, -0.05) is 34.7 Å². The fourth-order valence-corrected chi connectivity index (χ4v) is 3.15. The number of rotatable bonds is 5. The van der Waals surface area contributed by atoms with Crippen LogP contribution in [0.2, 0.25) is 5.02 Å². The van der Waals surface area contributed by atoms with Gasteiger partial charge in [0.15, 0.2) is 4.34 Å². The number of nitro groups is 1. The van der Waals surface area contributed by atoms with Crippen LogP contribution in [0.1, 0.15) is 5.01 Å². The smallest absolute Gasteiger partial charge is 0.271 e. The molecule has 7 nitrogen and oxygen atoms in total. The van der Waals surface area contributed by atoms with Crippen LogP contribution in [0.4, 0.5) is 11.4 Å². The van der Waals surface area contributed by atoms with Crippen molar-refractivity contribution in [2.24, 2.45) is 0 Å². The van der Waals surface area contributed by atoms with E-state index in [1.807, 2.05) is 6.92 Å². The highest BCUT2D eigenvalue weighted by atomic mass is 35.5. The van der Waals surface area contributed by atoms with Gasteiger partial charge >= 0.3 is 0 Å². The number of non-ortho nitro benzene ring substituents is 1. The fourth-order valence-electron chi connectivity index (χ4n) is 1.37. The average molecular weight is 345 g/mol. The van der Waals surface area contributed by atoms with Crippen LogP contribution in [0.25, 0.3) is 0 Å². The Bertz CT molecular complexity index is 692. The highest BCUT2D eigenvalue weighted by Gasteiger charge is 2.13. The highest BCUT2D eigenvalue weighted by Crippen LogP contribution is 2.27. The molecule has 1 aromatic heterocycles. The van der Waals surface area contributed by atoms with Gasteiger partial charge in [-0.15, -0.1) is 10.2 Å². The predicted octanol–water partition coefficient (Wildman–Crippen LogP) is 3.14. The summed E-state index contributed by atoms with van der Waals surface area (Å²) in [6, 6.07) is 3.87. The molecule has 0 radical (unpaired) electrons. The van der Waals surface area contributed by atoms with Crippen molar-refractivity contribution < 1.29 is 9.72 Å². The molecule has 0 aliphatic rings. The second-order valence-corrected chi connectivity index (χ2v) is 6.66. The molecule has 1 heterocycles. The number of halogens is 1. The van der Waals surface area contributed by atoms with E-state index in [2.05, 4.69) is 15.5 Å². The maximum Gasteiger partial charge on any atom is 0.271 e. The molecule has 0 saturated heterocycles. The number of hydrogen-bond donors (Lipinski definition) is 1. The van der Waals surface area contributed by atoms with Crippen molar-refractivity contribution in [2.75, 3.05) is 11.1 Å². The minimum Gasteiger partial charge on any atom is -0.324 e. The number of hydrogen-bond acceptors (Lipinski definition) is 7. The second kappa shape index (κ2) is 6.83. The van der Waals surface area contributed by atoms with Gasteiger partial charge < -0.3 is 5.32 Å². The highest BCUT2D eigenvalue weighted by molar-refractivity contribution is 8.01. The van der Waals surface area contributed by atoms with Crippen LogP contribution >= 0.6 is 34.7 Å². The topological polar surface area (TPSA) is 98.0 Å². The van der Waals surface area contributed by atoms with E-state index in [-0.39, 0.29) is 28.1 Å². The maximum atomic E-state index is 11.8. The molecule has 1 N–H and O–H groups in total. The standard InChI is InChI=1S/C11H9ClN4O3S2/c1-6-14-15-11(21-6)20-5-10(17)13-9-4-7(16(18)19)2-3-8(9)12/h2-4H,5H2,1H3,(H,13,17). The van der Waals surface area contributed by atoms with Crippen molar-refractivity contribution in [3.05, 3.63) is 38.3 Å². The van der Waals surface area contributed by atoms with E-state index in [0.29, 0.717) is 4.34 Å². The molecule has 110 valence electrons. The summed E-state index contributed by atoms with van der Waals surface area (Å²) in [4.78, 5) is 22.0. The van der Waals surface area contributed by atoms with Crippen LogP contribution in [-0.4, -0.2) is 26.8 Å². The van der Waals surface area contributed by atoms with Gasteiger partial charge in [0.1, 0.15) is 5.01 Å².